The highest BCUT2D eigenvalue weighted by Gasteiger charge is 2.32. The van der Waals surface area contributed by atoms with Crippen LogP contribution in [0.3, 0.4) is 0 Å². The van der Waals surface area contributed by atoms with Crippen molar-refractivity contribution in [1.29, 1.82) is 0 Å². The lowest BCUT2D eigenvalue weighted by atomic mass is 9.85. The molecule has 2 aliphatic heterocycles. The first kappa shape index (κ1) is 29.1. The highest BCUT2D eigenvalue weighted by atomic mass is 16.5. The third-order valence-electron chi connectivity index (χ3n) is 8.45. The monoisotopic (exact) mass is 604 g/mol. The van der Waals surface area contributed by atoms with Crippen molar-refractivity contribution in [3.8, 4) is 28.0 Å². The molecule has 2 aromatic heterocycles. The van der Waals surface area contributed by atoms with Crippen LogP contribution < -0.4 is 9.64 Å². The normalized spacial score (nSPS) is 15.7. The Balaban J connectivity index is 1.43. The SMILES string of the molecule is Cc1cc2cc(-c3cnc(N4CCOCC4)nc3)ccc2c(-c2ccc3c4c(ccnc24)CCO3)c1[C@H](OC(C)(C)C)C(=O)O. The molecule has 9 nitrogen and oxygen atoms in total. The van der Waals surface area contributed by atoms with Crippen molar-refractivity contribution in [3.05, 3.63) is 77.7 Å². The fourth-order valence-corrected chi connectivity index (χ4v) is 6.46. The second-order valence-corrected chi connectivity index (χ2v) is 12.6. The molecule has 230 valence electrons. The van der Waals surface area contributed by atoms with Crippen molar-refractivity contribution in [2.24, 2.45) is 0 Å². The van der Waals surface area contributed by atoms with Crippen LogP contribution in [-0.4, -0.2) is 64.5 Å². The number of hydrogen-bond donors (Lipinski definition) is 1. The zero-order valence-electron chi connectivity index (χ0n) is 26.0. The number of aromatic nitrogens is 3. The van der Waals surface area contributed by atoms with Crippen molar-refractivity contribution < 1.29 is 24.1 Å². The average molecular weight is 605 g/mol. The summed E-state index contributed by atoms with van der Waals surface area (Å²) in [6.45, 7) is 11.1. The number of aliphatic carboxylic acids is 1. The molecule has 0 bridgehead atoms. The lowest BCUT2D eigenvalue weighted by molar-refractivity contribution is -0.160. The number of rotatable bonds is 6. The van der Waals surface area contributed by atoms with Gasteiger partial charge in [-0.2, -0.15) is 0 Å². The number of morpholine rings is 1. The first-order valence-corrected chi connectivity index (χ1v) is 15.3. The fraction of sp³-hybridized carbons (Fsp3) is 0.333. The molecule has 0 radical (unpaired) electrons. The summed E-state index contributed by atoms with van der Waals surface area (Å²) < 4.78 is 17.7. The van der Waals surface area contributed by atoms with Crippen LogP contribution in [0.4, 0.5) is 5.95 Å². The summed E-state index contributed by atoms with van der Waals surface area (Å²) in [4.78, 5) is 29.1. The third-order valence-corrected chi connectivity index (χ3v) is 8.45. The van der Waals surface area contributed by atoms with Gasteiger partial charge in [-0.05, 0) is 85.0 Å². The first-order chi connectivity index (χ1) is 21.7. The largest absolute Gasteiger partial charge is 0.493 e. The van der Waals surface area contributed by atoms with Gasteiger partial charge in [0.15, 0.2) is 6.10 Å². The smallest absolute Gasteiger partial charge is 0.337 e. The lowest BCUT2D eigenvalue weighted by Crippen LogP contribution is -2.37. The second-order valence-electron chi connectivity index (χ2n) is 12.6. The highest BCUT2D eigenvalue weighted by molar-refractivity contribution is 6.09. The number of fused-ring (bicyclic) bond motifs is 1. The number of hydrogen-bond acceptors (Lipinski definition) is 8. The number of benzene rings is 3. The summed E-state index contributed by atoms with van der Waals surface area (Å²) in [6, 6.07) is 14.3. The molecule has 0 amide bonds. The summed E-state index contributed by atoms with van der Waals surface area (Å²) in [5.74, 6) is 0.454. The van der Waals surface area contributed by atoms with Gasteiger partial charge in [-0.15, -0.1) is 0 Å². The van der Waals surface area contributed by atoms with Crippen molar-refractivity contribution >= 4 is 33.6 Å². The summed E-state index contributed by atoms with van der Waals surface area (Å²) in [7, 11) is 0. The molecular weight excluding hydrogens is 568 g/mol. The van der Waals surface area contributed by atoms with Crippen LogP contribution in [0.1, 0.15) is 43.6 Å². The van der Waals surface area contributed by atoms with Crippen LogP contribution in [0.5, 0.6) is 5.75 Å². The van der Waals surface area contributed by atoms with E-state index in [-0.39, 0.29) is 0 Å². The molecule has 0 aliphatic carbocycles. The maximum absolute atomic E-state index is 12.9. The Hall–Kier alpha value is -4.60. The Morgan fingerprint density at radius 2 is 1.76 bits per heavy atom. The van der Waals surface area contributed by atoms with Gasteiger partial charge in [0.2, 0.25) is 5.95 Å². The number of carboxylic acid groups (broad SMARTS) is 1. The minimum absolute atomic E-state index is 0.616. The number of carboxylic acids is 1. The van der Waals surface area contributed by atoms with E-state index in [1.807, 2.05) is 76.6 Å². The molecule has 4 heterocycles. The van der Waals surface area contributed by atoms with E-state index in [1.54, 1.807) is 0 Å². The van der Waals surface area contributed by atoms with Crippen LogP contribution >= 0.6 is 0 Å². The van der Waals surface area contributed by atoms with Crippen molar-refractivity contribution in [3.63, 3.8) is 0 Å². The molecule has 0 unspecified atom stereocenters. The minimum Gasteiger partial charge on any atom is -0.493 e. The zero-order chi connectivity index (χ0) is 31.3. The summed E-state index contributed by atoms with van der Waals surface area (Å²) >= 11 is 0. The van der Waals surface area contributed by atoms with Crippen molar-refractivity contribution in [2.75, 3.05) is 37.8 Å². The first-order valence-electron chi connectivity index (χ1n) is 15.3. The number of nitrogens with zero attached hydrogens (tertiary/aromatic N) is 4. The Labute approximate surface area is 261 Å². The van der Waals surface area contributed by atoms with Gasteiger partial charge in [0.25, 0.3) is 0 Å². The molecule has 9 heteroatoms. The lowest BCUT2D eigenvalue weighted by Gasteiger charge is -2.29. The van der Waals surface area contributed by atoms with E-state index in [0.29, 0.717) is 31.3 Å². The highest BCUT2D eigenvalue weighted by Crippen LogP contribution is 2.45. The van der Waals surface area contributed by atoms with Gasteiger partial charge in [0, 0.05) is 60.2 Å². The maximum atomic E-state index is 12.9. The predicted octanol–water partition coefficient (Wildman–Crippen LogP) is 6.53. The van der Waals surface area contributed by atoms with Crippen LogP contribution in [0.25, 0.3) is 43.9 Å². The molecule has 1 atom stereocenters. The summed E-state index contributed by atoms with van der Waals surface area (Å²) in [5.41, 5.74) is 6.23. The van der Waals surface area contributed by atoms with Gasteiger partial charge in [-0.25, -0.2) is 14.8 Å². The Bertz CT molecular complexity index is 1920. The quantitative estimate of drug-likeness (QED) is 0.231. The standard InChI is InChI=1S/C36H36N4O5/c1-21-17-24-18-23(25-19-38-35(39-20-25)40-12-15-43-16-13-40)5-6-26(24)31(29(21)33(34(41)42)45-36(2,3)4)27-7-8-28-30-22(10-14-44-28)9-11-37-32(27)30/h5-9,11,17-20,33H,10,12-16H2,1-4H3,(H,41,42)/t33-/m0/s1. The zero-order valence-corrected chi connectivity index (χ0v) is 26.0. The molecule has 1 fully saturated rings. The van der Waals surface area contributed by atoms with E-state index in [4.69, 9.17) is 19.2 Å². The Kier molecular flexibility index (Phi) is 7.38. The van der Waals surface area contributed by atoms with E-state index < -0.39 is 17.7 Å². The fourth-order valence-electron chi connectivity index (χ4n) is 6.46. The minimum atomic E-state index is -1.19. The maximum Gasteiger partial charge on any atom is 0.337 e. The van der Waals surface area contributed by atoms with Crippen LogP contribution in [0.2, 0.25) is 0 Å². The van der Waals surface area contributed by atoms with Crippen molar-refractivity contribution in [1.82, 2.24) is 15.0 Å². The number of anilines is 1. The van der Waals surface area contributed by atoms with E-state index in [2.05, 4.69) is 27.0 Å². The molecule has 45 heavy (non-hydrogen) atoms. The van der Waals surface area contributed by atoms with E-state index in [0.717, 1.165) is 74.8 Å². The average Bonchev–Trinajstić information content (AvgIpc) is 3.03. The Morgan fingerprint density at radius 3 is 2.49 bits per heavy atom. The molecule has 7 rings (SSSR count). The molecule has 2 aliphatic rings. The molecular formula is C36H36N4O5. The second kappa shape index (κ2) is 11.4. The summed E-state index contributed by atoms with van der Waals surface area (Å²) in [6.07, 6.45) is 5.14. The van der Waals surface area contributed by atoms with Crippen LogP contribution in [-0.2, 0) is 20.7 Å². The van der Waals surface area contributed by atoms with E-state index in [9.17, 15) is 9.90 Å². The number of ether oxygens (including phenoxy) is 3. The van der Waals surface area contributed by atoms with Crippen LogP contribution in [0.15, 0.2) is 61.1 Å². The predicted molar refractivity (Wildman–Crippen MR) is 174 cm³/mol. The Morgan fingerprint density at radius 1 is 0.978 bits per heavy atom. The van der Waals surface area contributed by atoms with Crippen molar-refractivity contribution in [2.45, 2.75) is 45.8 Å². The molecule has 0 spiro atoms. The number of aryl methyl sites for hydroxylation is 1. The molecule has 1 N–H and O–H groups in total. The van der Waals surface area contributed by atoms with Gasteiger partial charge in [-0.1, -0.05) is 18.2 Å². The van der Waals surface area contributed by atoms with E-state index >= 15 is 0 Å². The number of pyridine rings is 1. The molecule has 5 aromatic rings. The summed E-state index contributed by atoms with van der Waals surface area (Å²) in [5, 5.41) is 13.4. The van der Waals surface area contributed by atoms with Gasteiger partial charge in [-0.3, -0.25) is 4.98 Å². The molecule has 1 saturated heterocycles. The molecule has 0 saturated carbocycles. The number of carbonyl (C=O) groups is 1. The molecule has 3 aromatic carbocycles. The van der Waals surface area contributed by atoms with Crippen LogP contribution in [0, 0.1) is 6.92 Å². The topological polar surface area (TPSA) is 107 Å². The van der Waals surface area contributed by atoms with Gasteiger partial charge in [0.05, 0.1) is 30.9 Å². The van der Waals surface area contributed by atoms with Gasteiger partial charge < -0.3 is 24.2 Å². The van der Waals surface area contributed by atoms with Gasteiger partial charge in [0.1, 0.15) is 5.75 Å². The van der Waals surface area contributed by atoms with Gasteiger partial charge >= 0.3 is 5.97 Å². The third kappa shape index (κ3) is 5.47. The van der Waals surface area contributed by atoms with E-state index in [1.165, 1.54) is 5.56 Å².